The molecule has 5 nitrogen and oxygen atoms in total. The van der Waals surface area contributed by atoms with Gasteiger partial charge in [-0.05, 0) is 56.3 Å². The molecule has 0 unspecified atom stereocenters. The van der Waals surface area contributed by atoms with Crippen LogP contribution >= 0.6 is 11.7 Å². The maximum Gasteiger partial charge on any atom is 0.275 e. The van der Waals surface area contributed by atoms with Crippen LogP contribution in [0.3, 0.4) is 0 Å². The molecule has 1 saturated heterocycles. The van der Waals surface area contributed by atoms with Crippen LogP contribution in [-0.2, 0) is 6.42 Å². The van der Waals surface area contributed by atoms with Gasteiger partial charge in [0.15, 0.2) is 5.69 Å². The van der Waals surface area contributed by atoms with Crippen molar-refractivity contribution in [1.82, 2.24) is 18.5 Å². The third-order valence-electron chi connectivity index (χ3n) is 4.94. The van der Waals surface area contributed by atoms with Crippen LogP contribution in [0.4, 0.5) is 4.39 Å². The van der Waals surface area contributed by atoms with E-state index in [0.29, 0.717) is 18.2 Å². The Bertz CT molecular complexity index is 709. The highest BCUT2D eigenvalue weighted by atomic mass is 32.1. The molecule has 3 rings (SSSR count). The Balaban J connectivity index is 1.51. The van der Waals surface area contributed by atoms with Gasteiger partial charge in [0.05, 0.1) is 17.9 Å². The molecule has 7 heteroatoms. The first-order valence-electron chi connectivity index (χ1n) is 9.19. The summed E-state index contributed by atoms with van der Waals surface area (Å²) >= 11 is 1.07. The third-order valence-corrected chi connectivity index (χ3v) is 5.41. The molecule has 2 aromatic rings. The maximum absolute atomic E-state index is 13.3. The third kappa shape index (κ3) is 5.08. The lowest BCUT2D eigenvalue weighted by atomic mass is 9.96. The van der Waals surface area contributed by atoms with E-state index in [-0.39, 0.29) is 11.7 Å². The number of aromatic nitrogens is 2. The van der Waals surface area contributed by atoms with E-state index in [1.165, 1.54) is 6.07 Å². The summed E-state index contributed by atoms with van der Waals surface area (Å²) in [6.07, 6.45) is 4.67. The van der Waals surface area contributed by atoms with E-state index in [4.69, 9.17) is 0 Å². The highest BCUT2D eigenvalue weighted by Gasteiger charge is 2.25. The molecule has 1 aromatic heterocycles. The summed E-state index contributed by atoms with van der Waals surface area (Å²) in [5, 5.41) is 0. The fourth-order valence-electron chi connectivity index (χ4n) is 3.57. The van der Waals surface area contributed by atoms with Crippen LogP contribution in [0.15, 0.2) is 30.5 Å². The maximum atomic E-state index is 13.3. The molecule has 140 valence electrons. The summed E-state index contributed by atoms with van der Waals surface area (Å²) in [7, 11) is 0. The van der Waals surface area contributed by atoms with E-state index in [2.05, 4.69) is 13.6 Å². The zero-order valence-corrected chi connectivity index (χ0v) is 15.9. The Kier molecular flexibility index (Phi) is 6.68. The van der Waals surface area contributed by atoms with E-state index in [0.717, 1.165) is 62.7 Å². The number of piperidine rings is 1. The zero-order chi connectivity index (χ0) is 18.4. The molecule has 1 atom stereocenters. The highest BCUT2D eigenvalue weighted by molar-refractivity contribution is 6.99. The lowest BCUT2D eigenvalue weighted by Gasteiger charge is -2.35. The van der Waals surface area contributed by atoms with Crippen molar-refractivity contribution < 1.29 is 9.18 Å². The first kappa shape index (κ1) is 18.9. The summed E-state index contributed by atoms with van der Waals surface area (Å²) in [6.45, 7) is 6.41. The molecule has 0 aliphatic carbocycles. The quantitative estimate of drug-likeness (QED) is 0.745. The van der Waals surface area contributed by atoms with Crippen molar-refractivity contribution in [2.24, 2.45) is 5.92 Å². The summed E-state index contributed by atoms with van der Waals surface area (Å²) in [6, 6.07) is 6.83. The fraction of sp³-hybridized carbons (Fsp3) is 0.526. The number of amides is 1. The molecule has 1 aliphatic heterocycles. The Morgan fingerprint density at radius 1 is 1.46 bits per heavy atom. The van der Waals surface area contributed by atoms with E-state index in [1.807, 2.05) is 17.9 Å². The van der Waals surface area contributed by atoms with E-state index < -0.39 is 0 Å². The van der Waals surface area contributed by atoms with Crippen LogP contribution in [0, 0.1) is 11.7 Å². The van der Waals surface area contributed by atoms with E-state index in [9.17, 15) is 9.18 Å². The van der Waals surface area contributed by atoms with Crippen LogP contribution in [0.1, 0.15) is 35.8 Å². The number of benzene rings is 1. The fourth-order valence-corrected chi connectivity index (χ4v) is 3.98. The Morgan fingerprint density at radius 3 is 3.08 bits per heavy atom. The van der Waals surface area contributed by atoms with Gasteiger partial charge in [0.1, 0.15) is 5.82 Å². The van der Waals surface area contributed by atoms with Gasteiger partial charge in [-0.1, -0.05) is 12.1 Å². The van der Waals surface area contributed by atoms with Crippen molar-refractivity contribution in [3.63, 3.8) is 0 Å². The molecule has 1 aliphatic rings. The SMILES string of the molecule is CCN(C[C@@H]1CCCN(CCc2cccc(F)c2)C1)C(=O)c1cnsn1. The van der Waals surface area contributed by atoms with Gasteiger partial charge in [0.2, 0.25) is 0 Å². The summed E-state index contributed by atoms with van der Waals surface area (Å²) < 4.78 is 21.3. The summed E-state index contributed by atoms with van der Waals surface area (Å²) in [4.78, 5) is 16.8. The second kappa shape index (κ2) is 9.19. The number of rotatable bonds is 7. The van der Waals surface area contributed by atoms with Crippen molar-refractivity contribution in [2.75, 3.05) is 32.7 Å². The molecule has 1 amide bonds. The average molecular weight is 377 g/mol. The molecule has 26 heavy (non-hydrogen) atoms. The van der Waals surface area contributed by atoms with Crippen molar-refractivity contribution in [3.8, 4) is 0 Å². The van der Waals surface area contributed by atoms with Gasteiger partial charge >= 0.3 is 0 Å². The number of nitrogens with zero attached hydrogens (tertiary/aromatic N) is 4. The molecule has 1 fully saturated rings. The van der Waals surface area contributed by atoms with Gasteiger partial charge in [-0.25, -0.2) is 4.39 Å². The standard InChI is InChI=1S/C19H25FN4OS/c1-2-24(19(25)18-12-21-26-22-18)14-16-6-4-9-23(13-16)10-8-15-5-3-7-17(20)11-15/h3,5,7,11-12,16H,2,4,6,8-10,13-14H2,1H3/t16-/m1/s1. The van der Waals surface area contributed by atoms with Gasteiger partial charge in [0.25, 0.3) is 5.91 Å². The van der Waals surface area contributed by atoms with Gasteiger partial charge in [-0.3, -0.25) is 4.79 Å². The van der Waals surface area contributed by atoms with Gasteiger partial charge in [0, 0.05) is 26.2 Å². The van der Waals surface area contributed by atoms with Gasteiger partial charge in [-0.2, -0.15) is 8.75 Å². The lowest BCUT2D eigenvalue weighted by molar-refractivity contribution is 0.0686. The van der Waals surface area contributed by atoms with Gasteiger partial charge in [-0.15, -0.1) is 0 Å². The summed E-state index contributed by atoms with van der Waals surface area (Å²) in [5.41, 5.74) is 1.48. The molecule has 1 aromatic carbocycles. The van der Waals surface area contributed by atoms with E-state index in [1.54, 1.807) is 18.3 Å². The highest BCUT2D eigenvalue weighted by Crippen LogP contribution is 2.19. The van der Waals surface area contributed by atoms with Crippen LogP contribution < -0.4 is 0 Å². The smallest absolute Gasteiger partial charge is 0.275 e. The molecule has 0 radical (unpaired) electrons. The Morgan fingerprint density at radius 2 is 2.35 bits per heavy atom. The summed E-state index contributed by atoms with van der Waals surface area (Å²) in [5.74, 6) is 0.262. The number of likely N-dealkylation sites (tertiary alicyclic amines) is 1. The molecular formula is C19H25FN4OS. The van der Waals surface area contributed by atoms with Crippen LogP contribution in [0.2, 0.25) is 0 Å². The molecule has 0 spiro atoms. The molecule has 0 saturated carbocycles. The molecule has 0 bridgehead atoms. The van der Waals surface area contributed by atoms with Crippen LogP contribution in [-0.4, -0.2) is 57.2 Å². The topological polar surface area (TPSA) is 49.3 Å². The minimum Gasteiger partial charge on any atom is -0.337 e. The number of carbonyl (C=O) groups excluding carboxylic acids is 1. The second-order valence-corrected chi connectivity index (χ2v) is 7.38. The zero-order valence-electron chi connectivity index (χ0n) is 15.1. The number of halogens is 1. The van der Waals surface area contributed by atoms with Crippen LogP contribution in [0.5, 0.6) is 0 Å². The molecule has 0 N–H and O–H groups in total. The first-order chi connectivity index (χ1) is 12.7. The predicted octanol–water partition coefficient (Wildman–Crippen LogP) is 3.09. The van der Waals surface area contributed by atoms with Crippen molar-refractivity contribution in [1.29, 1.82) is 0 Å². The van der Waals surface area contributed by atoms with Crippen molar-refractivity contribution in [2.45, 2.75) is 26.2 Å². The van der Waals surface area contributed by atoms with Crippen molar-refractivity contribution in [3.05, 3.63) is 47.5 Å². The first-order valence-corrected chi connectivity index (χ1v) is 9.92. The van der Waals surface area contributed by atoms with Crippen LogP contribution in [0.25, 0.3) is 0 Å². The second-order valence-electron chi connectivity index (χ2n) is 6.83. The monoisotopic (exact) mass is 376 g/mol. The minimum atomic E-state index is -0.173. The Labute approximate surface area is 158 Å². The molecule has 2 heterocycles. The number of hydrogen-bond acceptors (Lipinski definition) is 5. The predicted molar refractivity (Wildman–Crippen MR) is 101 cm³/mol. The largest absolute Gasteiger partial charge is 0.337 e. The average Bonchev–Trinajstić information content (AvgIpc) is 3.19. The Hall–Kier alpha value is -1.86. The lowest BCUT2D eigenvalue weighted by Crippen LogP contribution is -2.43. The number of carbonyl (C=O) groups is 1. The van der Waals surface area contributed by atoms with Gasteiger partial charge < -0.3 is 9.80 Å². The van der Waals surface area contributed by atoms with Crippen molar-refractivity contribution >= 4 is 17.6 Å². The molecular weight excluding hydrogens is 351 g/mol. The normalized spacial score (nSPS) is 18.0. The minimum absolute atomic E-state index is 0.0295. The number of hydrogen-bond donors (Lipinski definition) is 0. The van der Waals surface area contributed by atoms with E-state index >= 15 is 0 Å².